The van der Waals surface area contributed by atoms with Crippen LogP contribution < -0.4 is 4.90 Å². The van der Waals surface area contributed by atoms with Crippen LogP contribution in [0.4, 0.5) is 11.4 Å². The van der Waals surface area contributed by atoms with Crippen LogP contribution in [0.2, 0.25) is 0 Å². The minimum atomic E-state index is -4.01. The Bertz CT molecular complexity index is 1900. The molecule has 0 atom stereocenters. The molecule has 2 heterocycles. The van der Waals surface area contributed by atoms with Crippen molar-refractivity contribution in [1.82, 2.24) is 0 Å². The summed E-state index contributed by atoms with van der Waals surface area (Å²) >= 11 is 0. The minimum Gasteiger partial charge on any atom is -0.465 e. The van der Waals surface area contributed by atoms with Crippen LogP contribution in [0.25, 0.3) is 10.8 Å². The largest absolute Gasteiger partial charge is 0.465 e. The average Bonchev–Trinajstić information content (AvgIpc) is 3.39. The molecular formula is C40H51N2O5S+. The van der Waals surface area contributed by atoms with E-state index in [1.54, 1.807) is 0 Å². The Morgan fingerprint density at radius 1 is 0.958 bits per heavy atom. The molecule has 0 radical (unpaired) electrons. The highest BCUT2D eigenvalue weighted by Gasteiger charge is 2.44. The summed E-state index contributed by atoms with van der Waals surface area (Å²) in [6.45, 7) is 16.6. The van der Waals surface area contributed by atoms with Gasteiger partial charge in [0.2, 0.25) is 5.69 Å². The SMILES string of the molecule is CCC(C)(C)C(=O)OCCC[N+]1=C(C=CC=C2N(CCCCS(=O)(=O)O)c3ccc4ccccc4c3C2(C)C)C(C)(C)c2ccccc21. The van der Waals surface area contributed by atoms with Crippen molar-refractivity contribution < 1.29 is 27.1 Å². The van der Waals surface area contributed by atoms with E-state index in [4.69, 9.17) is 4.74 Å². The van der Waals surface area contributed by atoms with Gasteiger partial charge in [-0.05, 0) is 75.4 Å². The van der Waals surface area contributed by atoms with E-state index in [0.717, 1.165) is 24.4 Å². The molecule has 0 bridgehead atoms. The number of hydrogen-bond donors (Lipinski definition) is 1. The smallest absolute Gasteiger partial charge is 0.311 e. The lowest BCUT2D eigenvalue weighted by molar-refractivity contribution is -0.438. The Kier molecular flexibility index (Phi) is 10.1. The number of unbranched alkanes of at least 4 members (excludes halogenated alkanes) is 1. The van der Waals surface area contributed by atoms with Gasteiger partial charge in [-0.3, -0.25) is 9.35 Å². The predicted octanol–water partition coefficient (Wildman–Crippen LogP) is 8.49. The maximum atomic E-state index is 12.6. The van der Waals surface area contributed by atoms with Crippen molar-refractivity contribution in [3.8, 4) is 0 Å². The first kappa shape index (κ1) is 35.6. The third-order valence-electron chi connectivity index (χ3n) is 10.3. The molecule has 1 N–H and O–H groups in total. The van der Waals surface area contributed by atoms with E-state index in [0.29, 0.717) is 32.4 Å². The normalized spacial score (nSPS) is 17.8. The summed E-state index contributed by atoms with van der Waals surface area (Å²) in [5.74, 6) is -0.397. The second-order valence-electron chi connectivity index (χ2n) is 14.8. The Hall–Kier alpha value is -3.75. The first-order valence-corrected chi connectivity index (χ1v) is 18.8. The van der Waals surface area contributed by atoms with Gasteiger partial charge in [-0.25, -0.2) is 0 Å². The van der Waals surface area contributed by atoms with Crippen LogP contribution in [-0.2, 0) is 30.5 Å². The van der Waals surface area contributed by atoms with Crippen LogP contribution in [0.5, 0.6) is 0 Å². The summed E-state index contributed by atoms with van der Waals surface area (Å²) in [4.78, 5) is 14.9. The summed E-state index contributed by atoms with van der Waals surface area (Å²) in [5.41, 5.74) is 6.14. The van der Waals surface area contributed by atoms with Crippen molar-refractivity contribution in [2.24, 2.45) is 5.41 Å². The number of carbonyl (C=O) groups excluding carboxylic acids is 1. The molecule has 0 aromatic heterocycles. The molecule has 256 valence electrons. The Labute approximate surface area is 286 Å². The summed E-state index contributed by atoms with van der Waals surface area (Å²) in [7, 11) is -4.01. The molecule has 2 aliphatic rings. The molecule has 0 fully saturated rings. The van der Waals surface area contributed by atoms with Gasteiger partial charge in [-0.1, -0.05) is 75.4 Å². The number of para-hydroxylation sites is 1. The predicted molar refractivity (Wildman–Crippen MR) is 196 cm³/mol. The van der Waals surface area contributed by atoms with Crippen LogP contribution in [0.1, 0.15) is 85.3 Å². The average molecular weight is 672 g/mol. The van der Waals surface area contributed by atoms with Gasteiger partial charge in [0.05, 0.1) is 23.2 Å². The van der Waals surface area contributed by atoms with E-state index in [-0.39, 0.29) is 22.6 Å². The maximum absolute atomic E-state index is 12.6. The quantitative estimate of drug-likeness (QED) is 0.0849. The summed E-state index contributed by atoms with van der Waals surface area (Å²) in [5, 5.41) is 2.40. The number of ether oxygens (including phenoxy) is 1. The standard InChI is InChI=1S/C40H50N2O5S/c1-8-38(2,3)37(43)47-27-16-26-41-32-20-12-11-19-31(32)39(4,5)34(41)21-15-22-35-40(6,7)36-30-18-10-9-17-29(30)23-24-33(36)42(35)25-13-14-28-48(44,45)46/h9-12,15,17-24H,8,13-14,16,25-28H2,1-7H3/p+1. The number of fused-ring (bicyclic) bond motifs is 4. The van der Waals surface area contributed by atoms with Gasteiger partial charge in [0, 0.05) is 47.5 Å². The third kappa shape index (κ3) is 7.01. The lowest BCUT2D eigenvalue weighted by Gasteiger charge is -2.27. The maximum Gasteiger partial charge on any atom is 0.311 e. The fourth-order valence-corrected chi connectivity index (χ4v) is 7.74. The molecular weight excluding hydrogens is 621 g/mol. The van der Waals surface area contributed by atoms with E-state index < -0.39 is 15.5 Å². The summed E-state index contributed by atoms with van der Waals surface area (Å²) in [6.07, 6.45) is 9.02. The monoisotopic (exact) mass is 671 g/mol. The van der Waals surface area contributed by atoms with Gasteiger partial charge in [0.1, 0.15) is 0 Å². The highest BCUT2D eigenvalue weighted by Crippen LogP contribution is 2.51. The fraction of sp³-hybridized carbons (Fsp3) is 0.450. The molecule has 0 unspecified atom stereocenters. The molecule has 3 aromatic carbocycles. The van der Waals surface area contributed by atoms with Crippen molar-refractivity contribution in [3.05, 3.63) is 95.7 Å². The number of carbonyl (C=O) groups is 1. The number of hydrogen-bond acceptors (Lipinski definition) is 5. The third-order valence-corrected chi connectivity index (χ3v) is 11.1. The zero-order chi connectivity index (χ0) is 34.9. The fourth-order valence-electron chi connectivity index (χ4n) is 7.17. The minimum absolute atomic E-state index is 0.154. The highest BCUT2D eigenvalue weighted by atomic mass is 32.2. The number of rotatable bonds is 13. The molecule has 0 amide bonds. The second kappa shape index (κ2) is 13.6. The van der Waals surface area contributed by atoms with Crippen LogP contribution in [0.15, 0.2) is 84.6 Å². The van der Waals surface area contributed by atoms with Gasteiger partial charge in [-0.2, -0.15) is 13.0 Å². The van der Waals surface area contributed by atoms with Gasteiger partial charge >= 0.3 is 5.97 Å². The first-order valence-electron chi connectivity index (χ1n) is 17.1. The van der Waals surface area contributed by atoms with Crippen molar-refractivity contribution >= 4 is 43.9 Å². The van der Waals surface area contributed by atoms with E-state index in [2.05, 4.69) is 116 Å². The number of allylic oxidation sites excluding steroid dienone is 4. The highest BCUT2D eigenvalue weighted by molar-refractivity contribution is 7.85. The number of benzene rings is 3. The molecule has 5 rings (SSSR count). The zero-order valence-electron chi connectivity index (χ0n) is 29.5. The number of nitrogens with zero attached hydrogens (tertiary/aromatic N) is 2. The topological polar surface area (TPSA) is 86.9 Å². The van der Waals surface area contributed by atoms with Crippen LogP contribution in [0.3, 0.4) is 0 Å². The van der Waals surface area contributed by atoms with E-state index in [9.17, 15) is 17.8 Å². The lowest BCUT2D eigenvalue weighted by atomic mass is 9.80. The molecule has 7 nitrogen and oxygen atoms in total. The second-order valence-corrected chi connectivity index (χ2v) is 16.3. The van der Waals surface area contributed by atoms with Crippen molar-refractivity contribution in [1.29, 1.82) is 0 Å². The summed E-state index contributed by atoms with van der Waals surface area (Å²) in [6, 6.07) is 21.3. The van der Waals surface area contributed by atoms with E-state index >= 15 is 0 Å². The van der Waals surface area contributed by atoms with Gasteiger partial charge in [0.25, 0.3) is 10.1 Å². The number of anilines is 1. The Morgan fingerprint density at radius 3 is 2.40 bits per heavy atom. The first-order chi connectivity index (χ1) is 22.6. The van der Waals surface area contributed by atoms with Gasteiger partial charge < -0.3 is 9.64 Å². The Morgan fingerprint density at radius 2 is 1.67 bits per heavy atom. The van der Waals surface area contributed by atoms with Crippen molar-refractivity contribution in [2.45, 2.75) is 85.0 Å². The van der Waals surface area contributed by atoms with Gasteiger partial charge in [-0.15, -0.1) is 0 Å². The number of esters is 1. The molecule has 2 aliphatic heterocycles. The molecule has 3 aromatic rings. The Balaban J connectivity index is 1.48. The van der Waals surface area contributed by atoms with Crippen LogP contribution in [0, 0.1) is 5.41 Å². The molecule has 0 saturated heterocycles. The molecule has 0 spiro atoms. The van der Waals surface area contributed by atoms with Gasteiger partial charge in [0.15, 0.2) is 12.3 Å². The molecule has 8 heteroatoms. The molecule has 0 aliphatic carbocycles. The molecule has 0 saturated carbocycles. The van der Waals surface area contributed by atoms with E-state index in [1.807, 2.05) is 20.8 Å². The van der Waals surface area contributed by atoms with Crippen LogP contribution in [-0.4, -0.2) is 54.7 Å². The van der Waals surface area contributed by atoms with Crippen molar-refractivity contribution in [3.63, 3.8) is 0 Å². The lowest BCUT2D eigenvalue weighted by Crippen LogP contribution is -2.29. The van der Waals surface area contributed by atoms with E-state index in [1.165, 1.54) is 33.3 Å². The zero-order valence-corrected chi connectivity index (χ0v) is 30.4. The van der Waals surface area contributed by atoms with Crippen molar-refractivity contribution in [2.75, 3.05) is 30.3 Å². The summed E-state index contributed by atoms with van der Waals surface area (Å²) < 4.78 is 40.2. The molecule has 48 heavy (non-hydrogen) atoms. The van der Waals surface area contributed by atoms with Crippen LogP contribution >= 0.6 is 0 Å².